The van der Waals surface area contributed by atoms with Gasteiger partial charge in [-0.2, -0.15) is 0 Å². The van der Waals surface area contributed by atoms with Gasteiger partial charge in [-0.15, -0.1) is 0 Å². The normalized spacial score (nSPS) is 10.3. The van der Waals surface area contributed by atoms with Crippen LogP contribution in [0.4, 0.5) is 11.4 Å². The van der Waals surface area contributed by atoms with Crippen molar-refractivity contribution in [2.75, 3.05) is 10.6 Å². The summed E-state index contributed by atoms with van der Waals surface area (Å²) in [5.41, 5.74) is 2.74. The van der Waals surface area contributed by atoms with Crippen molar-refractivity contribution in [1.82, 2.24) is 0 Å². The lowest BCUT2D eigenvalue weighted by molar-refractivity contribution is -0.114. The van der Waals surface area contributed by atoms with E-state index in [1.807, 2.05) is 66.7 Å². The lowest BCUT2D eigenvalue weighted by Crippen LogP contribution is -2.06. The summed E-state index contributed by atoms with van der Waals surface area (Å²) < 4.78 is 7.06. The molecular formula is C21H18ClIN2O2. The minimum absolute atomic E-state index is 0.0822. The van der Waals surface area contributed by atoms with Crippen LogP contribution in [0.3, 0.4) is 0 Å². The highest BCUT2D eigenvalue weighted by Crippen LogP contribution is 2.34. The van der Waals surface area contributed by atoms with Crippen LogP contribution < -0.4 is 15.4 Å². The molecular weight excluding hydrogens is 475 g/mol. The Balaban J connectivity index is 1.70. The molecule has 3 aromatic carbocycles. The number of benzene rings is 3. The summed E-state index contributed by atoms with van der Waals surface area (Å²) in [6, 6.07) is 21.1. The number of hydrogen-bond donors (Lipinski definition) is 2. The molecule has 3 rings (SSSR count). The van der Waals surface area contributed by atoms with Gasteiger partial charge in [-0.3, -0.25) is 4.79 Å². The van der Waals surface area contributed by atoms with Crippen LogP contribution in [0.2, 0.25) is 5.02 Å². The van der Waals surface area contributed by atoms with Gasteiger partial charge in [-0.05, 0) is 70.6 Å². The summed E-state index contributed by atoms with van der Waals surface area (Å²) in [6.07, 6.45) is 0. The van der Waals surface area contributed by atoms with Gasteiger partial charge in [-0.25, -0.2) is 0 Å². The summed E-state index contributed by atoms with van der Waals surface area (Å²) in [6.45, 7) is 2.12. The summed E-state index contributed by atoms with van der Waals surface area (Å²) in [7, 11) is 0. The minimum Gasteiger partial charge on any atom is -0.454 e. The lowest BCUT2D eigenvalue weighted by Gasteiger charge is -2.14. The van der Waals surface area contributed by atoms with E-state index in [0.717, 1.165) is 20.5 Å². The monoisotopic (exact) mass is 492 g/mol. The number of para-hydroxylation sites is 2. The summed E-state index contributed by atoms with van der Waals surface area (Å²) in [4.78, 5) is 11.1. The van der Waals surface area contributed by atoms with Crippen LogP contribution in [0.1, 0.15) is 12.5 Å². The maximum Gasteiger partial charge on any atom is 0.221 e. The van der Waals surface area contributed by atoms with E-state index in [4.69, 9.17) is 16.3 Å². The second-order valence-electron chi connectivity index (χ2n) is 5.90. The highest BCUT2D eigenvalue weighted by Gasteiger charge is 2.08. The fraction of sp³-hybridized carbons (Fsp3) is 0.0952. The van der Waals surface area contributed by atoms with E-state index in [1.165, 1.54) is 6.92 Å². The van der Waals surface area contributed by atoms with Crippen LogP contribution in [-0.2, 0) is 11.3 Å². The molecule has 27 heavy (non-hydrogen) atoms. The van der Waals surface area contributed by atoms with E-state index >= 15 is 0 Å². The molecule has 0 heterocycles. The maximum absolute atomic E-state index is 11.1. The van der Waals surface area contributed by atoms with Gasteiger partial charge >= 0.3 is 0 Å². The average Bonchev–Trinajstić information content (AvgIpc) is 2.64. The maximum atomic E-state index is 11.1. The third-order valence-electron chi connectivity index (χ3n) is 3.76. The molecule has 3 aromatic rings. The molecule has 2 N–H and O–H groups in total. The fourth-order valence-electron chi connectivity index (χ4n) is 2.48. The molecule has 1 amide bonds. The molecule has 0 aromatic heterocycles. The van der Waals surface area contributed by atoms with Gasteiger partial charge in [0.05, 0.1) is 10.7 Å². The van der Waals surface area contributed by atoms with Gasteiger partial charge in [0, 0.05) is 22.7 Å². The van der Waals surface area contributed by atoms with E-state index in [9.17, 15) is 4.79 Å². The molecule has 0 aliphatic carbocycles. The number of carbonyl (C=O) groups is 1. The third-order valence-corrected chi connectivity index (χ3v) is 4.72. The molecule has 0 aliphatic heterocycles. The molecule has 0 aliphatic rings. The molecule has 0 atom stereocenters. The van der Waals surface area contributed by atoms with Gasteiger partial charge in [-0.1, -0.05) is 35.9 Å². The van der Waals surface area contributed by atoms with Crippen molar-refractivity contribution in [3.05, 3.63) is 80.9 Å². The van der Waals surface area contributed by atoms with E-state index in [1.54, 1.807) is 0 Å². The average molecular weight is 493 g/mol. The smallest absolute Gasteiger partial charge is 0.221 e. The Morgan fingerprint density at radius 2 is 1.78 bits per heavy atom. The first-order valence-corrected chi connectivity index (χ1v) is 9.79. The molecule has 138 valence electrons. The zero-order chi connectivity index (χ0) is 19.2. The van der Waals surface area contributed by atoms with Gasteiger partial charge in [0.15, 0.2) is 5.75 Å². The number of ether oxygens (including phenoxy) is 1. The third kappa shape index (κ3) is 5.61. The SMILES string of the molecule is CC(=O)Nc1ccc(CNc2ccccc2Oc2ccc(I)cc2Cl)cc1. The first-order chi connectivity index (χ1) is 13.0. The molecule has 0 bridgehead atoms. The molecule has 0 saturated heterocycles. The second kappa shape index (κ2) is 9.10. The Kier molecular flexibility index (Phi) is 6.58. The molecule has 0 saturated carbocycles. The number of halogens is 2. The number of carbonyl (C=O) groups excluding carboxylic acids is 1. The lowest BCUT2D eigenvalue weighted by atomic mass is 10.2. The number of rotatable bonds is 6. The Bertz CT molecular complexity index is 945. The van der Waals surface area contributed by atoms with Crippen LogP contribution in [0.25, 0.3) is 0 Å². The molecule has 4 nitrogen and oxygen atoms in total. The van der Waals surface area contributed by atoms with E-state index in [0.29, 0.717) is 23.1 Å². The number of nitrogens with one attached hydrogen (secondary N) is 2. The molecule has 0 spiro atoms. The molecule has 0 radical (unpaired) electrons. The molecule has 0 fully saturated rings. The Hall–Kier alpha value is -2.25. The van der Waals surface area contributed by atoms with Crippen LogP contribution in [-0.4, -0.2) is 5.91 Å². The largest absolute Gasteiger partial charge is 0.454 e. The molecule has 0 unspecified atom stereocenters. The summed E-state index contributed by atoms with van der Waals surface area (Å²) >= 11 is 8.49. The second-order valence-corrected chi connectivity index (χ2v) is 7.56. The van der Waals surface area contributed by atoms with Gasteiger partial charge in [0.1, 0.15) is 5.75 Å². The number of amides is 1. The predicted octanol–water partition coefficient (Wildman–Crippen LogP) is 6.31. The van der Waals surface area contributed by atoms with Crippen molar-refractivity contribution in [3.8, 4) is 11.5 Å². The van der Waals surface area contributed by atoms with Crippen molar-refractivity contribution in [1.29, 1.82) is 0 Å². The van der Waals surface area contributed by atoms with Gasteiger partial charge in [0.2, 0.25) is 5.91 Å². The van der Waals surface area contributed by atoms with Gasteiger partial charge < -0.3 is 15.4 Å². The first-order valence-electron chi connectivity index (χ1n) is 8.33. The first kappa shape index (κ1) is 19.5. The van der Waals surface area contributed by atoms with Crippen LogP contribution in [0, 0.1) is 3.57 Å². The Labute approximate surface area is 177 Å². The van der Waals surface area contributed by atoms with Crippen molar-refractivity contribution < 1.29 is 9.53 Å². The zero-order valence-corrected chi connectivity index (χ0v) is 17.5. The fourth-order valence-corrected chi connectivity index (χ4v) is 3.38. The Morgan fingerprint density at radius 3 is 2.48 bits per heavy atom. The zero-order valence-electron chi connectivity index (χ0n) is 14.6. The predicted molar refractivity (Wildman–Crippen MR) is 119 cm³/mol. The van der Waals surface area contributed by atoms with E-state index in [2.05, 4.69) is 33.2 Å². The topological polar surface area (TPSA) is 50.4 Å². The van der Waals surface area contributed by atoms with Gasteiger partial charge in [0.25, 0.3) is 0 Å². The molecule has 6 heteroatoms. The van der Waals surface area contributed by atoms with Crippen molar-refractivity contribution in [2.24, 2.45) is 0 Å². The minimum atomic E-state index is -0.0822. The number of hydrogen-bond acceptors (Lipinski definition) is 3. The van der Waals surface area contributed by atoms with E-state index < -0.39 is 0 Å². The van der Waals surface area contributed by atoms with E-state index in [-0.39, 0.29) is 5.91 Å². The highest BCUT2D eigenvalue weighted by molar-refractivity contribution is 14.1. The van der Waals surface area contributed by atoms with Crippen molar-refractivity contribution in [3.63, 3.8) is 0 Å². The van der Waals surface area contributed by atoms with Crippen LogP contribution in [0.15, 0.2) is 66.7 Å². The quantitative estimate of drug-likeness (QED) is 0.397. The van der Waals surface area contributed by atoms with Crippen molar-refractivity contribution >= 4 is 51.5 Å². The highest BCUT2D eigenvalue weighted by atomic mass is 127. The number of anilines is 2. The van der Waals surface area contributed by atoms with Crippen molar-refractivity contribution in [2.45, 2.75) is 13.5 Å². The Morgan fingerprint density at radius 1 is 1.04 bits per heavy atom. The van der Waals surface area contributed by atoms with Crippen LogP contribution in [0.5, 0.6) is 11.5 Å². The summed E-state index contributed by atoms with van der Waals surface area (Å²) in [5, 5.41) is 6.72. The summed E-state index contributed by atoms with van der Waals surface area (Å²) in [5.74, 6) is 1.24. The van der Waals surface area contributed by atoms with Crippen LogP contribution >= 0.6 is 34.2 Å². The standard InChI is InChI=1S/C21H18ClIN2O2/c1-14(26)25-17-9-6-15(7-10-17)13-24-19-4-2-3-5-21(19)27-20-11-8-16(23)12-18(20)22/h2-12,24H,13H2,1H3,(H,25,26).